The number of aromatic nitrogens is 2. The molecule has 148 valence electrons. The van der Waals surface area contributed by atoms with E-state index < -0.39 is 11.9 Å². The summed E-state index contributed by atoms with van der Waals surface area (Å²) in [4.78, 5) is 34.3. The zero-order valence-electron chi connectivity index (χ0n) is 15.6. The fourth-order valence-electron chi connectivity index (χ4n) is 2.82. The number of carbonyl (C=O) groups is 2. The molecule has 1 aliphatic heterocycles. The molecule has 0 spiro atoms. The molecule has 0 radical (unpaired) electrons. The largest absolute Gasteiger partial charge is 0.465 e. The van der Waals surface area contributed by atoms with E-state index in [2.05, 4.69) is 15.3 Å². The number of rotatable bonds is 5. The van der Waals surface area contributed by atoms with E-state index in [9.17, 15) is 9.59 Å². The molecule has 10 nitrogen and oxygen atoms in total. The Morgan fingerprint density at radius 1 is 1.07 bits per heavy atom. The Kier molecular flexibility index (Phi) is 5.90. The topological polar surface area (TPSA) is 129 Å². The highest BCUT2D eigenvalue weighted by Crippen LogP contribution is 2.29. The molecule has 2 aromatic rings. The number of morpholine rings is 1. The van der Waals surface area contributed by atoms with Crippen LogP contribution in [0.1, 0.15) is 20.7 Å². The molecule has 1 aromatic carbocycles. The average molecular weight is 387 g/mol. The summed E-state index contributed by atoms with van der Waals surface area (Å²) in [5.74, 6) is -0.218. The van der Waals surface area contributed by atoms with Crippen molar-refractivity contribution < 1.29 is 23.8 Å². The summed E-state index contributed by atoms with van der Waals surface area (Å²) in [5, 5.41) is 3.04. The van der Waals surface area contributed by atoms with Crippen molar-refractivity contribution >= 4 is 34.9 Å². The number of nitrogens with two attached hydrogens (primary N) is 1. The average Bonchev–Trinajstić information content (AvgIpc) is 2.74. The minimum Gasteiger partial charge on any atom is -0.465 e. The van der Waals surface area contributed by atoms with E-state index in [0.29, 0.717) is 49.3 Å². The molecule has 0 aliphatic carbocycles. The molecule has 28 heavy (non-hydrogen) atoms. The molecule has 3 N–H and O–H groups in total. The molecule has 2 heterocycles. The number of methoxy groups -OCH3 is 2. The van der Waals surface area contributed by atoms with Gasteiger partial charge in [0.05, 0.1) is 38.6 Å². The highest BCUT2D eigenvalue weighted by molar-refractivity contribution is 5.97. The number of hydrogen-bond acceptors (Lipinski definition) is 10. The molecular weight excluding hydrogens is 366 g/mol. The van der Waals surface area contributed by atoms with Gasteiger partial charge < -0.3 is 30.2 Å². The van der Waals surface area contributed by atoms with E-state index in [1.54, 1.807) is 0 Å². The lowest BCUT2D eigenvalue weighted by Gasteiger charge is -2.29. The third-order valence-electron chi connectivity index (χ3n) is 4.21. The second-order valence-corrected chi connectivity index (χ2v) is 5.97. The maximum Gasteiger partial charge on any atom is 0.337 e. The SMILES string of the molecule is COC(=O)c1cc(Nc2ncnc(N3CCOCC3)c2N)cc(C(=O)OC)c1. The molecule has 0 bridgehead atoms. The maximum absolute atomic E-state index is 11.9. The highest BCUT2D eigenvalue weighted by Gasteiger charge is 2.19. The Balaban J connectivity index is 1.94. The van der Waals surface area contributed by atoms with Crippen LogP contribution in [0.4, 0.5) is 23.0 Å². The van der Waals surface area contributed by atoms with Crippen LogP contribution in [0.3, 0.4) is 0 Å². The van der Waals surface area contributed by atoms with Crippen molar-refractivity contribution in [3.05, 3.63) is 35.7 Å². The summed E-state index contributed by atoms with van der Waals surface area (Å²) in [6.45, 7) is 2.53. The second-order valence-electron chi connectivity index (χ2n) is 5.97. The monoisotopic (exact) mass is 387 g/mol. The third-order valence-corrected chi connectivity index (χ3v) is 4.21. The van der Waals surface area contributed by atoms with Gasteiger partial charge >= 0.3 is 11.9 Å². The quantitative estimate of drug-likeness (QED) is 0.722. The van der Waals surface area contributed by atoms with Gasteiger partial charge in [0, 0.05) is 18.8 Å². The van der Waals surface area contributed by atoms with E-state index in [1.165, 1.54) is 38.7 Å². The standard InChI is InChI=1S/C18H21N5O5/c1-26-17(24)11-7-12(18(25)27-2)9-13(8-11)22-15-14(19)16(21-10-20-15)23-3-5-28-6-4-23/h7-10H,3-6,19H2,1-2H3,(H,20,21,22). The van der Waals surface area contributed by atoms with E-state index in [-0.39, 0.29) is 11.1 Å². The summed E-state index contributed by atoms with van der Waals surface area (Å²) in [5.41, 5.74) is 7.42. The first-order valence-electron chi connectivity index (χ1n) is 8.55. The van der Waals surface area contributed by atoms with E-state index in [4.69, 9.17) is 19.9 Å². The normalized spacial score (nSPS) is 13.7. The lowest BCUT2D eigenvalue weighted by molar-refractivity contribution is 0.0599. The Labute approximate surface area is 161 Å². The van der Waals surface area contributed by atoms with Crippen molar-refractivity contribution in [1.29, 1.82) is 0 Å². The lowest BCUT2D eigenvalue weighted by atomic mass is 10.1. The van der Waals surface area contributed by atoms with Crippen LogP contribution < -0.4 is 16.0 Å². The molecular formula is C18H21N5O5. The Morgan fingerprint density at radius 3 is 2.25 bits per heavy atom. The minimum atomic E-state index is -0.585. The molecule has 3 rings (SSSR count). The first-order valence-corrected chi connectivity index (χ1v) is 8.55. The number of ether oxygens (including phenoxy) is 3. The number of esters is 2. The van der Waals surface area contributed by atoms with Gasteiger partial charge in [0.25, 0.3) is 0 Å². The maximum atomic E-state index is 11.9. The highest BCUT2D eigenvalue weighted by atomic mass is 16.5. The molecule has 1 fully saturated rings. The first-order chi connectivity index (χ1) is 13.5. The van der Waals surface area contributed by atoms with Gasteiger partial charge in [-0.25, -0.2) is 19.6 Å². The number of nitrogens with zero attached hydrogens (tertiary/aromatic N) is 3. The van der Waals surface area contributed by atoms with E-state index in [0.717, 1.165) is 0 Å². The van der Waals surface area contributed by atoms with Crippen molar-refractivity contribution in [3.63, 3.8) is 0 Å². The predicted octanol–water partition coefficient (Wildman–Crippen LogP) is 1.21. The molecule has 1 aromatic heterocycles. The van der Waals surface area contributed by atoms with Gasteiger partial charge in [0.1, 0.15) is 12.0 Å². The van der Waals surface area contributed by atoms with Crippen molar-refractivity contribution in [1.82, 2.24) is 9.97 Å². The van der Waals surface area contributed by atoms with Gasteiger partial charge in [-0.15, -0.1) is 0 Å². The fourth-order valence-corrected chi connectivity index (χ4v) is 2.82. The number of nitrogens with one attached hydrogen (secondary N) is 1. The zero-order valence-corrected chi connectivity index (χ0v) is 15.6. The van der Waals surface area contributed by atoms with Crippen LogP contribution in [0, 0.1) is 0 Å². The third kappa shape index (κ3) is 4.12. The van der Waals surface area contributed by atoms with Crippen molar-refractivity contribution in [2.75, 3.05) is 56.5 Å². The van der Waals surface area contributed by atoms with Crippen molar-refractivity contribution in [2.24, 2.45) is 0 Å². The van der Waals surface area contributed by atoms with Gasteiger partial charge in [-0.05, 0) is 18.2 Å². The Bertz CT molecular complexity index is 848. The summed E-state index contributed by atoms with van der Waals surface area (Å²) < 4.78 is 14.8. The number of anilines is 4. The summed E-state index contributed by atoms with van der Waals surface area (Å²) in [6, 6.07) is 4.47. The molecule has 0 amide bonds. The number of nitrogen functional groups attached to an aromatic ring is 1. The molecule has 1 aliphatic rings. The number of hydrogen-bond donors (Lipinski definition) is 2. The first kappa shape index (κ1) is 19.4. The lowest BCUT2D eigenvalue weighted by Crippen LogP contribution is -2.37. The molecule has 0 atom stereocenters. The summed E-state index contributed by atoms with van der Waals surface area (Å²) in [7, 11) is 2.52. The summed E-state index contributed by atoms with van der Waals surface area (Å²) >= 11 is 0. The van der Waals surface area contributed by atoms with Crippen LogP contribution in [-0.4, -0.2) is 62.4 Å². The van der Waals surface area contributed by atoms with Crippen molar-refractivity contribution in [3.8, 4) is 0 Å². The van der Waals surface area contributed by atoms with Crippen LogP contribution in [0.15, 0.2) is 24.5 Å². The van der Waals surface area contributed by atoms with E-state index >= 15 is 0 Å². The van der Waals surface area contributed by atoms with Crippen LogP contribution in [0.25, 0.3) is 0 Å². The van der Waals surface area contributed by atoms with Gasteiger partial charge in [-0.1, -0.05) is 0 Å². The van der Waals surface area contributed by atoms with Crippen LogP contribution >= 0.6 is 0 Å². The van der Waals surface area contributed by atoms with Crippen molar-refractivity contribution in [2.45, 2.75) is 0 Å². The Morgan fingerprint density at radius 2 is 1.68 bits per heavy atom. The molecule has 0 saturated carbocycles. The number of benzene rings is 1. The van der Waals surface area contributed by atoms with Crippen LogP contribution in [0.2, 0.25) is 0 Å². The second kappa shape index (κ2) is 8.53. The van der Waals surface area contributed by atoms with Crippen LogP contribution in [-0.2, 0) is 14.2 Å². The number of carbonyl (C=O) groups excluding carboxylic acids is 2. The van der Waals surface area contributed by atoms with Crippen LogP contribution in [0.5, 0.6) is 0 Å². The molecule has 10 heteroatoms. The van der Waals surface area contributed by atoms with Gasteiger partial charge in [0.15, 0.2) is 11.6 Å². The summed E-state index contributed by atoms with van der Waals surface area (Å²) in [6.07, 6.45) is 1.40. The smallest absolute Gasteiger partial charge is 0.337 e. The van der Waals surface area contributed by atoms with Gasteiger partial charge in [-0.3, -0.25) is 0 Å². The predicted molar refractivity (Wildman–Crippen MR) is 102 cm³/mol. The fraction of sp³-hybridized carbons (Fsp3) is 0.333. The van der Waals surface area contributed by atoms with Gasteiger partial charge in [0.2, 0.25) is 0 Å². The van der Waals surface area contributed by atoms with E-state index in [1.807, 2.05) is 4.90 Å². The Hall–Kier alpha value is -3.40. The molecule has 0 unspecified atom stereocenters. The minimum absolute atomic E-state index is 0.189. The van der Waals surface area contributed by atoms with Gasteiger partial charge in [-0.2, -0.15) is 0 Å². The molecule has 1 saturated heterocycles. The zero-order chi connectivity index (χ0) is 20.1.